The zero-order chi connectivity index (χ0) is 10.6. The Kier molecular flexibility index (Phi) is 3.73. The molecule has 0 atom stereocenters. The van der Waals surface area contributed by atoms with Gasteiger partial charge in [-0.2, -0.15) is 0 Å². The van der Waals surface area contributed by atoms with E-state index >= 15 is 0 Å². The number of nitrogens with one attached hydrogen (secondary N) is 1. The van der Waals surface area contributed by atoms with Gasteiger partial charge in [-0.15, -0.1) is 6.42 Å². The minimum atomic E-state index is -0.162. The van der Waals surface area contributed by atoms with E-state index in [1.165, 1.54) is 0 Å². The molecule has 1 aromatic carbocycles. The largest absolute Gasteiger partial charge is 0.325 e. The maximum Gasteiger partial charge on any atom is 0.236 e. The van der Waals surface area contributed by atoms with Crippen molar-refractivity contribution in [3.8, 4) is 12.3 Å². The normalized spacial score (nSPS) is 9.21. The molecular weight excluding hydrogens is 242 g/mol. The predicted octanol–water partition coefficient (Wildman–Crippen LogP) is 2.72. The topological polar surface area (TPSA) is 29.1 Å². The van der Waals surface area contributed by atoms with E-state index in [9.17, 15) is 4.79 Å². The third-order valence-electron chi connectivity index (χ3n) is 1.59. The van der Waals surface area contributed by atoms with E-state index in [0.717, 1.165) is 15.7 Å². The number of halogens is 1. The summed E-state index contributed by atoms with van der Waals surface area (Å²) in [6, 6.07) is 5.69. The Morgan fingerprint density at radius 3 is 2.86 bits per heavy atom. The van der Waals surface area contributed by atoms with Crippen LogP contribution in [0.15, 0.2) is 22.7 Å². The van der Waals surface area contributed by atoms with Gasteiger partial charge in [-0.3, -0.25) is 4.79 Å². The van der Waals surface area contributed by atoms with Gasteiger partial charge in [0.05, 0.1) is 6.42 Å². The first-order valence-corrected chi connectivity index (χ1v) is 4.91. The number of anilines is 1. The Bertz CT molecular complexity index is 373. The highest BCUT2D eigenvalue weighted by Crippen LogP contribution is 2.18. The second kappa shape index (κ2) is 4.83. The van der Waals surface area contributed by atoms with Crippen molar-refractivity contribution in [3.05, 3.63) is 28.2 Å². The Hall–Kier alpha value is -1.27. The summed E-state index contributed by atoms with van der Waals surface area (Å²) in [5.74, 6) is 2.13. The van der Waals surface area contributed by atoms with Gasteiger partial charge in [-0.05, 0) is 30.7 Å². The zero-order valence-corrected chi connectivity index (χ0v) is 9.39. The number of hydrogen-bond acceptors (Lipinski definition) is 1. The number of carbonyl (C=O) groups excluding carboxylic acids is 1. The van der Waals surface area contributed by atoms with Crippen molar-refractivity contribution in [2.24, 2.45) is 0 Å². The maximum absolute atomic E-state index is 11.2. The van der Waals surface area contributed by atoms with Gasteiger partial charge in [0.1, 0.15) is 0 Å². The summed E-state index contributed by atoms with van der Waals surface area (Å²) in [4.78, 5) is 11.2. The van der Waals surface area contributed by atoms with Crippen LogP contribution in [0.25, 0.3) is 0 Å². The van der Waals surface area contributed by atoms with E-state index in [0.29, 0.717) is 0 Å². The molecule has 0 bridgehead atoms. The molecule has 0 fully saturated rings. The van der Waals surface area contributed by atoms with Crippen LogP contribution in [-0.4, -0.2) is 5.91 Å². The molecular formula is C11H10BrNO. The standard InChI is InChI=1S/C11H10BrNO/c1-3-4-11(14)13-10-6-8(2)5-9(12)7-10/h1,5-7H,4H2,2H3,(H,13,14). The molecule has 0 saturated carbocycles. The van der Waals surface area contributed by atoms with Crippen LogP contribution >= 0.6 is 15.9 Å². The number of terminal acetylenes is 1. The van der Waals surface area contributed by atoms with E-state index in [4.69, 9.17) is 6.42 Å². The molecule has 1 rings (SSSR count). The smallest absolute Gasteiger partial charge is 0.236 e. The minimum absolute atomic E-state index is 0.103. The van der Waals surface area contributed by atoms with Gasteiger partial charge in [0.25, 0.3) is 0 Å². The molecule has 1 amide bonds. The summed E-state index contributed by atoms with van der Waals surface area (Å²) in [6.45, 7) is 1.96. The van der Waals surface area contributed by atoms with Crippen LogP contribution < -0.4 is 5.32 Å². The van der Waals surface area contributed by atoms with E-state index < -0.39 is 0 Å². The summed E-state index contributed by atoms with van der Waals surface area (Å²) >= 11 is 3.35. The number of amides is 1. The molecule has 1 aromatic rings. The average Bonchev–Trinajstić information content (AvgIpc) is 2.01. The van der Waals surface area contributed by atoms with Crippen molar-refractivity contribution in [2.45, 2.75) is 13.3 Å². The number of aryl methyl sites for hydroxylation is 1. The highest BCUT2D eigenvalue weighted by molar-refractivity contribution is 9.10. The fraction of sp³-hybridized carbons (Fsp3) is 0.182. The molecule has 0 heterocycles. The highest BCUT2D eigenvalue weighted by Gasteiger charge is 2.01. The summed E-state index contributed by atoms with van der Waals surface area (Å²) < 4.78 is 0.938. The molecule has 0 aromatic heterocycles. The molecule has 1 N–H and O–H groups in total. The van der Waals surface area contributed by atoms with Crippen LogP contribution in [-0.2, 0) is 4.79 Å². The van der Waals surface area contributed by atoms with Crippen molar-refractivity contribution in [2.75, 3.05) is 5.32 Å². The minimum Gasteiger partial charge on any atom is -0.325 e. The molecule has 0 saturated heterocycles. The lowest BCUT2D eigenvalue weighted by molar-refractivity contribution is -0.115. The number of rotatable bonds is 2. The van der Waals surface area contributed by atoms with Crippen LogP contribution in [0.5, 0.6) is 0 Å². The van der Waals surface area contributed by atoms with E-state index in [1.807, 2.05) is 25.1 Å². The van der Waals surface area contributed by atoms with Crippen LogP contribution in [0, 0.1) is 19.3 Å². The summed E-state index contributed by atoms with van der Waals surface area (Å²) in [6.07, 6.45) is 5.13. The zero-order valence-electron chi connectivity index (χ0n) is 7.80. The number of carbonyl (C=O) groups is 1. The molecule has 0 aliphatic rings. The maximum atomic E-state index is 11.2. The van der Waals surface area contributed by atoms with Crippen molar-refractivity contribution >= 4 is 27.5 Å². The van der Waals surface area contributed by atoms with Crippen LogP contribution in [0.3, 0.4) is 0 Å². The Morgan fingerprint density at radius 2 is 2.29 bits per heavy atom. The first-order chi connectivity index (χ1) is 6.61. The molecule has 2 nitrogen and oxygen atoms in total. The van der Waals surface area contributed by atoms with Crippen molar-refractivity contribution in [3.63, 3.8) is 0 Å². The van der Waals surface area contributed by atoms with Gasteiger partial charge in [-0.25, -0.2) is 0 Å². The molecule has 0 aliphatic heterocycles. The predicted molar refractivity (Wildman–Crippen MR) is 61.0 cm³/mol. The van der Waals surface area contributed by atoms with Crippen molar-refractivity contribution < 1.29 is 4.79 Å². The molecule has 14 heavy (non-hydrogen) atoms. The lowest BCUT2D eigenvalue weighted by Crippen LogP contribution is -2.10. The van der Waals surface area contributed by atoms with Gasteiger partial charge in [-0.1, -0.05) is 21.9 Å². The van der Waals surface area contributed by atoms with Crippen molar-refractivity contribution in [1.82, 2.24) is 0 Å². The van der Waals surface area contributed by atoms with Gasteiger partial charge in [0.2, 0.25) is 5.91 Å². The Labute approximate surface area is 91.8 Å². The fourth-order valence-corrected chi connectivity index (χ4v) is 1.71. The Balaban J connectivity index is 2.77. The average molecular weight is 252 g/mol. The third-order valence-corrected chi connectivity index (χ3v) is 2.05. The number of hydrogen-bond donors (Lipinski definition) is 1. The molecule has 0 unspecified atom stereocenters. The molecule has 72 valence electrons. The van der Waals surface area contributed by atoms with Gasteiger partial charge >= 0.3 is 0 Å². The van der Waals surface area contributed by atoms with Crippen LogP contribution in [0.1, 0.15) is 12.0 Å². The van der Waals surface area contributed by atoms with E-state index in [-0.39, 0.29) is 12.3 Å². The van der Waals surface area contributed by atoms with E-state index in [2.05, 4.69) is 27.2 Å². The lowest BCUT2D eigenvalue weighted by Gasteiger charge is -2.04. The SMILES string of the molecule is C#CCC(=O)Nc1cc(C)cc(Br)c1. The van der Waals surface area contributed by atoms with E-state index in [1.54, 1.807) is 0 Å². The first-order valence-electron chi connectivity index (χ1n) is 4.12. The highest BCUT2D eigenvalue weighted by atomic mass is 79.9. The molecule has 0 radical (unpaired) electrons. The lowest BCUT2D eigenvalue weighted by atomic mass is 10.2. The van der Waals surface area contributed by atoms with Crippen molar-refractivity contribution in [1.29, 1.82) is 0 Å². The van der Waals surface area contributed by atoms with Gasteiger partial charge in [0.15, 0.2) is 0 Å². The van der Waals surface area contributed by atoms with Crippen LogP contribution in [0.2, 0.25) is 0 Å². The molecule has 0 aliphatic carbocycles. The summed E-state index contributed by atoms with van der Waals surface area (Å²) in [5, 5.41) is 2.71. The molecule has 3 heteroatoms. The second-order valence-electron chi connectivity index (χ2n) is 2.95. The quantitative estimate of drug-likeness (QED) is 0.805. The summed E-state index contributed by atoms with van der Waals surface area (Å²) in [7, 11) is 0. The van der Waals surface area contributed by atoms with Crippen LogP contribution in [0.4, 0.5) is 5.69 Å². The fourth-order valence-electron chi connectivity index (χ4n) is 1.11. The van der Waals surface area contributed by atoms with Gasteiger partial charge < -0.3 is 5.32 Å². The van der Waals surface area contributed by atoms with Gasteiger partial charge in [0, 0.05) is 10.2 Å². The molecule has 0 spiro atoms. The summed E-state index contributed by atoms with van der Waals surface area (Å²) in [5.41, 5.74) is 1.84. The third kappa shape index (κ3) is 3.23. The Morgan fingerprint density at radius 1 is 1.57 bits per heavy atom. The monoisotopic (exact) mass is 251 g/mol. The second-order valence-corrected chi connectivity index (χ2v) is 3.86. The number of benzene rings is 1. The first kappa shape index (κ1) is 10.8.